The Bertz CT molecular complexity index is 2070. The van der Waals surface area contributed by atoms with Crippen LogP contribution in [0, 0.1) is 3.57 Å². The summed E-state index contributed by atoms with van der Waals surface area (Å²) in [4.78, 5) is 51.0. The monoisotopic (exact) mass is 876 g/mol. The number of benzene rings is 3. The van der Waals surface area contributed by atoms with Gasteiger partial charge in [-0.15, -0.1) is 0 Å². The molecule has 2 aliphatic rings. The van der Waals surface area contributed by atoms with Gasteiger partial charge in [-0.05, 0) is 66.3 Å². The van der Waals surface area contributed by atoms with E-state index >= 15 is 0 Å². The predicted molar refractivity (Wildman–Crippen MR) is 204 cm³/mol. The fraction of sp³-hybridized carbons (Fsp3) is 0.368. The van der Waals surface area contributed by atoms with Crippen LogP contribution < -0.4 is 25.0 Å². The van der Waals surface area contributed by atoms with Crippen molar-refractivity contribution in [3.63, 3.8) is 0 Å². The Morgan fingerprint density at radius 3 is 2.26 bits per heavy atom. The van der Waals surface area contributed by atoms with Gasteiger partial charge in [0.15, 0.2) is 11.7 Å². The molecule has 2 atom stereocenters. The minimum Gasteiger partial charge on any atom is -0.493 e. The third kappa shape index (κ3) is 9.15. The summed E-state index contributed by atoms with van der Waals surface area (Å²) < 4.78 is 40.8. The number of fused-ring (bicyclic) bond motifs is 2. The summed E-state index contributed by atoms with van der Waals surface area (Å²) in [5, 5.41) is 13.9. The van der Waals surface area contributed by atoms with Gasteiger partial charge in [0.25, 0.3) is 5.91 Å². The number of rotatable bonds is 18. The predicted octanol–water partition coefficient (Wildman–Crippen LogP) is 4.88. The van der Waals surface area contributed by atoms with Crippen LogP contribution >= 0.6 is 34.2 Å². The Morgan fingerprint density at radius 2 is 1.57 bits per heavy atom. The summed E-state index contributed by atoms with van der Waals surface area (Å²) in [6, 6.07) is 13.9. The van der Waals surface area contributed by atoms with Crippen LogP contribution in [0.15, 0.2) is 63.8 Å². The van der Waals surface area contributed by atoms with E-state index in [1.807, 2.05) is 6.92 Å². The summed E-state index contributed by atoms with van der Waals surface area (Å²) in [6.45, 7) is 4.71. The number of imide groups is 1. The van der Waals surface area contributed by atoms with E-state index in [1.54, 1.807) is 48.5 Å². The van der Waals surface area contributed by atoms with Crippen molar-refractivity contribution in [2.75, 3.05) is 59.5 Å². The van der Waals surface area contributed by atoms with Gasteiger partial charge < -0.3 is 37.9 Å². The lowest BCUT2D eigenvalue weighted by Crippen LogP contribution is -2.53. The summed E-state index contributed by atoms with van der Waals surface area (Å²) in [5.74, 6) is 0.236. The van der Waals surface area contributed by atoms with Crippen LogP contribution in [-0.2, 0) is 23.8 Å². The number of hydrogen-bond acceptors (Lipinski definition) is 12. The Labute approximate surface area is 328 Å². The second kappa shape index (κ2) is 18.4. The average molecular weight is 877 g/mol. The van der Waals surface area contributed by atoms with E-state index in [4.69, 9.17) is 44.4 Å². The Balaban J connectivity index is 0.847. The van der Waals surface area contributed by atoms with Crippen LogP contribution in [0.2, 0.25) is 5.02 Å². The first kappa shape index (κ1) is 39.4. The molecule has 3 heterocycles. The molecule has 0 radical (unpaired) electrons. The van der Waals surface area contributed by atoms with E-state index in [-0.39, 0.29) is 49.4 Å². The Morgan fingerprint density at radius 1 is 0.870 bits per heavy atom. The van der Waals surface area contributed by atoms with Crippen molar-refractivity contribution >= 4 is 62.9 Å². The van der Waals surface area contributed by atoms with Crippen molar-refractivity contribution in [3.05, 3.63) is 84.5 Å². The molecule has 1 aromatic heterocycles. The van der Waals surface area contributed by atoms with E-state index < -0.39 is 30.0 Å². The lowest BCUT2D eigenvalue weighted by molar-refractivity contribution is -0.139. The number of amides is 3. The number of aliphatic hydroxyl groups is 1. The highest BCUT2D eigenvalue weighted by molar-refractivity contribution is 14.1. The van der Waals surface area contributed by atoms with Crippen molar-refractivity contribution in [2.45, 2.75) is 32.0 Å². The van der Waals surface area contributed by atoms with Gasteiger partial charge in [0.05, 0.1) is 65.8 Å². The van der Waals surface area contributed by atoms with Gasteiger partial charge in [0.1, 0.15) is 47.8 Å². The summed E-state index contributed by atoms with van der Waals surface area (Å²) >= 11 is 8.67. The van der Waals surface area contributed by atoms with Crippen LogP contribution in [0.4, 0.5) is 0 Å². The number of hydrogen-bond donors (Lipinski definition) is 2. The molecule has 4 aromatic rings. The minimum absolute atomic E-state index is 0.0816. The number of piperidine rings is 1. The van der Waals surface area contributed by atoms with E-state index in [0.717, 1.165) is 8.47 Å². The molecular formula is C38H38ClIN2O12. The molecule has 6 rings (SSSR count). The highest BCUT2D eigenvalue weighted by Crippen LogP contribution is 2.40. The first-order chi connectivity index (χ1) is 26.2. The van der Waals surface area contributed by atoms with Gasteiger partial charge in [0, 0.05) is 29.7 Å². The third-order valence-electron chi connectivity index (χ3n) is 8.61. The third-order valence-corrected chi connectivity index (χ3v) is 9.76. The molecule has 16 heteroatoms. The molecular weight excluding hydrogens is 839 g/mol. The van der Waals surface area contributed by atoms with Crippen molar-refractivity contribution in [1.29, 1.82) is 0 Å². The van der Waals surface area contributed by atoms with Crippen molar-refractivity contribution in [2.24, 2.45) is 0 Å². The van der Waals surface area contributed by atoms with E-state index in [0.29, 0.717) is 84.0 Å². The zero-order valence-electron chi connectivity index (χ0n) is 29.3. The van der Waals surface area contributed by atoms with Gasteiger partial charge in [-0.1, -0.05) is 23.7 Å². The maximum absolute atomic E-state index is 13.2. The first-order valence-corrected chi connectivity index (χ1v) is 18.8. The van der Waals surface area contributed by atoms with Crippen molar-refractivity contribution in [1.82, 2.24) is 10.2 Å². The zero-order valence-corrected chi connectivity index (χ0v) is 32.2. The Hall–Kier alpha value is -4.26. The molecule has 2 unspecified atom stereocenters. The summed E-state index contributed by atoms with van der Waals surface area (Å²) in [6.07, 6.45) is -1.11. The molecule has 3 amide bonds. The van der Waals surface area contributed by atoms with Gasteiger partial charge >= 0.3 is 0 Å². The van der Waals surface area contributed by atoms with Crippen LogP contribution in [0.5, 0.6) is 17.2 Å². The highest BCUT2D eigenvalue weighted by atomic mass is 127. The fourth-order valence-corrected chi connectivity index (χ4v) is 6.96. The number of aliphatic hydroxyl groups excluding tert-OH is 1. The molecule has 286 valence electrons. The molecule has 1 saturated heterocycles. The molecule has 14 nitrogen and oxygen atoms in total. The van der Waals surface area contributed by atoms with Crippen molar-refractivity contribution in [3.8, 4) is 28.6 Å². The molecule has 54 heavy (non-hydrogen) atoms. The smallest absolute Gasteiger partial charge is 0.261 e. The van der Waals surface area contributed by atoms with Gasteiger partial charge in [0.2, 0.25) is 11.8 Å². The van der Waals surface area contributed by atoms with Gasteiger partial charge in [-0.3, -0.25) is 29.4 Å². The highest BCUT2D eigenvalue weighted by Gasteiger charge is 2.45. The molecule has 1 fully saturated rings. The Kier molecular flexibility index (Phi) is 13.4. The molecule has 0 aliphatic carbocycles. The van der Waals surface area contributed by atoms with E-state index in [9.17, 15) is 24.3 Å². The number of carbonyl (C=O) groups excluding carboxylic acids is 3. The fourth-order valence-electron chi connectivity index (χ4n) is 6.07. The second-order valence-corrected chi connectivity index (χ2v) is 13.7. The molecule has 2 N–H and O–H groups in total. The summed E-state index contributed by atoms with van der Waals surface area (Å²) in [5.41, 5.74) is 1.31. The number of ether oxygens (including phenoxy) is 6. The average Bonchev–Trinajstić information content (AvgIpc) is 3.40. The quantitative estimate of drug-likeness (QED) is 0.0791. The van der Waals surface area contributed by atoms with Crippen molar-refractivity contribution < 1.29 is 52.3 Å². The molecule has 0 saturated carbocycles. The first-order valence-electron chi connectivity index (χ1n) is 17.3. The van der Waals surface area contributed by atoms with E-state index in [1.165, 1.54) is 6.07 Å². The molecule has 2 aliphatic heterocycles. The molecule has 3 aromatic carbocycles. The minimum atomic E-state index is -1.32. The number of nitrogens with zero attached hydrogens (tertiary/aromatic N) is 1. The van der Waals surface area contributed by atoms with E-state index in [2.05, 4.69) is 27.9 Å². The summed E-state index contributed by atoms with van der Waals surface area (Å²) in [7, 11) is 0. The van der Waals surface area contributed by atoms with Crippen LogP contribution in [-0.4, -0.2) is 93.2 Å². The SMILES string of the molecule is CCOc1cc2oc(-c3ccc(OCCOCCOCCOCCOc4cccc5c4C(=O)N(C4CCC(=O)NC4=O)C5O)cc3Cl)cc(=O)c2cc1I. The second-order valence-electron chi connectivity index (χ2n) is 12.1. The molecule has 0 spiro atoms. The van der Waals surface area contributed by atoms with Crippen LogP contribution in [0.1, 0.15) is 41.9 Å². The number of nitrogens with one attached hydrogen (secondary N) is 1. The maximum atomic E-state index is 13.2. The number of carbonyl (C=O) groups is 3. The lowest BCUT2D eigenvalue weighted by atomic mass is 10.0. The number of halogens is 2. The standard InChI is InChI=1S/C38H38ClIN2O12/c1-2-51-33-21-32-25(19-27(33)40)29(43)20-31(54-32)23-7-6-22(18-26(23)39)52-16-14-49-12-10-48-11-13-50-15-17-53-30-5-3-4-24-35(30)38(47)42(37(24)46)28-8-9-34(44)41-36(28)45/h3-7,18-21,28,37,46H,2,8-17H2,1H3,(H,41,44,45). The van der Waals surface area contributed by atoms with Gasteiger partial charge in [-0.25, -0.2) is 0 Å². The van der Waals surface area contributed by atoms with Crippen LogP contribution in [0.3, 0.4) is 0 Å². The zero-order chi connectivity index (χ0) is 38.2. The largest absolute Gasteiger partial charge is 0.493 e. The topological polar surface area (TPSA) is 172 Å². The van der Waals surface area contributed by atoms with Gasteiger partial charge in [-0.2, -0.15) is 0 Å². The van der Waals surface area contributed by atoms with Crippen LogP contribution in [0.25, 0.3) is 22.3 Å². The molecule has 0 bridgehead atoms. The maximum Gasteiger partial charge on any atom is 0.261 e. The lowest BCUT2D eigenvalue weighted by Gasteiger charge is -2.31. The normalized spacial score (nSPS) is 16.8.